The van der Waals surface area contributed by atoms with Crippen molar-refractivity contribution >= 4 is 28.9 Å². The monoisotopic (exact) mass is 208 g/mol. The van der Waals surface area contributed by atoms with Crippen molar-refractivity contribution in [2.75, 3.05) is 0 Å². The van der Waals surface area contributed by atoms with E-state index in [1.165, 1.54) is 0 Å². The van der Waals surface area contributed by atoms with Crippen LogP contribution in [0.5, 0.6) is 0 Å². The number of aromatic nitrogens is 1. The summed E-state index contributed by atoms with van der Waals surface area (Å²) in [6, 6.07) is 0. The second kappa shape index (κ2) is 3.12. The average Bonchev–Trinajstić information content (AvgIpc) is 1.82. The van der Waals surface area contributed by atoms with E-state index in [0.29, 0.717) is 4.73 Å². The van der Waals surface area contributed by atoms with Crippen LogP contribution in [0.2, 0.25) is 10.0 Å². The Morgan fingerprint density at radius 2 is 1.75 bits per heavy atom. The van der Waals surface area contributed by atoms with E-state index in [0.717, 1.165) is 12.4 Å². The summed E-state index contributed by atoms with van der Waals surface area (Å²) in [6.07, 6.45) is 1.73. The van der Waals surface area contributed by atoms with E-state index in [9.17, 15) is 15.3 Å². The van der Waals surface area contributed by atoms with E-state index in [1.54, 1.807) is 0 Å². The molecular formula is C5H2Cl2N2O3. The van der Waals surface area contributed by atoms with Crippen molar-refractivity contribution in [1.82, 2.24) is 0 Å². The predicted molar refractivity (Wildman–Crippen MR) is 42.1 cm³/mol. The van der Waals surface area contributed by atoms with Gasteiger partial charge in [0, 0.05) is 0 Å². The molecule has 1 aromatic heterocycles. The fourth-order valence-electron chi connectivity index (χ4n) is 0.671. The molecule has 0 radical (unpaired) electrons. The smallest absolute Gasteiger partial charge is 0.318 e. The Balaban J connectivity index is 3.38. The standard InChI is InChI=1S/C5H2Cl2N2O3/c6-3-1-8(10)2-4(7)5(3)9(11)12/h1-2H. The van der Waals surface area contributed by atoms with Crippen LogP contribution in [0, 0.1) is 15.3 Å². The summed E-state index contributed by atoms with van der Waals surface area (Å²) in [7, 11) is 0. The maximum Gasteiger partial charge on any atom is 0.318 e. The van der Waals surface area contributed by atoms with Gasteiger partial charge in [-0.3, -0.25) is 10.1 Å². The number of hydrogen-bond acceptors (Lipinski definition) is 3. The van der Waals surface area contributed by atoms with Gasteiger partial charge in [0.2, 0.25) is 12.4 Å². The zero-order chi connectivity index (χ0) is 9.30. The Morgan fingerprint density at radius 1 is 1.33 bits per heavy atom. The largest absolute Gasteiger partial charge is 0.619 e. The van der Waals surface area contributed by atoms with E-state index in [1.807, 2.05) is 0 Å². The Labute approximate surface area is 76.9 Å². The minimum atomic E-state index is -0.745. The van der Waals surface area contributed by atoms with Crippen LogP contribution < -0.4 is 4.73 Å². The first kappa shape index (κ1) is 9.02. The quantitative estimate of drug-likeness (QED) is 0.304. The molecule has 1 aromatic rings. The molecule has 0 fully saturated rings. The van der Waals surface area contributed by atoms with Crippen LogP contribution in [0.3, 0.4) is 0 Å². The minimum absolute atomic E-state index is 0.275. The number of nitro groups is 1. The molecule has 0 atom stereocenters. The van der Waals surface area contributed by atoms with Gasteiger partial charge >= 0.3 is 5.69 Å². The molecule has 1 heterocycles. The Hall–Kier alpha value is -1.07. The second-order valence-electron chi connectivity index (χ2n) is 1.92. The molecule has 5 nitrogen and oxygen atoms in total. The molecule has 64 valence electrons. The topological polar surface area (TPSA) is 70.1 Å². The Bertz CT molecular complexity index is 318. The zero-order valence-electron chi connectivity index (χ0n) is 5.53. The van der Waals surface area contributed by atoms with Gasteiger partial charge in [0.1, 0.15) is 0 Å². The fourth-order valence-corrected chi connectivity index (χ4v) is 1.25. The van der Waals surface area contributed by atoms with E-state index in [4.69, 9.17) is 23.2 Å². The molecule has 0 amide bonds. The maximum absolute atomic E-state index is 10.6. The number of hydrogen-bond donors (Lipinski definition) is 0. The van der Waals surface area contributed by atoms with Gasteiger partial charge in [-0.15, -0.1) is 0 Å². The summed E-state index contributed by atoms with van der Waals surface area (Å²) >= 11 is 10.8. The van der Waals surface area contributed by atoms with Gasteiger partial charge < -0.3 is 5.21 Å². The highest BCUT2D eigenvalue weighted by atomic mass is 35.5. The van der Waals surface area contributed by atoms with Crippen LogP contribution in [0.4, 0.5) is 5.69 Å². The molecule has 1 rings (SSSR count). The van der Waals surface area contributed by atoms with Crippen molar-refractivity contribution in [3.8, 4) is 0 Å². The maximum atomic E-state index is 10.6. The van der Waals surface area contributed by atoms with Gasteiger partial charge in [0.05, 0.1) is 4.92 Å². The lowest BCUT2D eigenvalue weighted by atomic mass is 10.4. The third kappa shape index (κ3) is 1.57. The number of nitrogens with zero attached hydrogens (tertiary/aromatic N) is 2. The van der Waals surface area contributed by atoms with Crippen molar-refractivity contribution < 1.29 is 9.65 Å². The number of halogens is 2. The first-order valence-electron chi connectivity index (χ1n) is 2.74. The highest BCUT2D eigenvalue weighted by molar-refractivity contribution is 6.37. The summed E-state index contributed by atoms with van der Waals surface area (Å²) in [6.45, 7) is 0. The molecule has 0 unspecified atom stereocenters. The lowest BCUT2D eigenvalue weighted by molar-refractivity contribution is -0.605. The van der Waals surface area contributed by atoms with Gasteiger partial charge in [-0.05, 0) is 0 Å². The minimum Gasteiger partial charge on any atom is -0.619 e. The molecule has 7 heteroatoms. The summed E-state index contributed by atoms with van der Waals surface area (Å²) in [5.74, 6) is 0. The van der Waals surface area contributed by atoms with Gasteiger partial charge in [0.25, 0.3) is 0 Å². The van der Waals surface area contributed by atoms with E-state index in [-0.39, 0.29) is 10.0 Å². The van der Waals surface area contributed by atoms with Gasteiger partial charge in [-0.2, -0.15) is 4.73 Å². The summed E-state index contributed by atoms with van der Waals surface area (Å²) in [5.41, 5.74) is -0.453. The van der Waals surface area contributed by atoms with Gasteiger partial charge in [0.15, 0.2) is 10.0 Å². The molecule has 0 saturated carbocycles. The van der Waals surface area contributed by atoms with Crippen LogP contribution in [-0.2, 0) is 0 Å². The second-order valence-corrected chi connectivity index (χ2v) is 2.73. The van der Waals surface area contributed by atoms with E-state index in [2.05, 4.69) is 0 Å². The molecule has 12 heavy (non-hydrogen) atoms. The van der Waals surface area contributed by atoms with Crippen molar-refractivity contribution in [2.24, 2.45) is 0 Å². The van der Waals surface area contributed by atoms with Crippen molar-refractivity contribution in [3.05, 3.63) is 37.8 Å². The van der Waals surface area contributed by atoms with Crippen LogP contribution in [0.15, 0.2) is 12.4 Å². The van der Waals surface area contributed by atoms with Gasteiger partial charge in [-0.25, -0.2) is 0 Å². The highest BCUT2D eigenvalue weighted by Gasteiger charge is 2.21. The molecule has 0 bridgehead atoms. The Morgan fingerprint density at radius 3 is 2.08 bits per heavy atom. The molecule has 0 aliphatic carbocycles. The van der Waals surface area contributed by atoms with Crippen LogP contribution in [-0.4, -0.2) is 4.92 Å². The van der Waals surface area contributed by atoms with Crippen LogP contribution >= 0.6 is 23.2 Å². The Kier molecular flexibility index (Phi) is 2.35. The molecule has 0 N–H and O–H groups in total. The third-order valence-corrected chi connectivity index (χ3v) is 1.67. The first-order chi connectivity index (χ1) is 5.52. The summed E-state index contributed by atoms with van der Waals surface area (Å²) in [5, 5.41) is 20.3. The van der Waals surface area contributed by atoms with Crippen molar-refractivity contribution in [1.29, 1.82) is 0 Å². The molecule has 0 aliphatic heterocycles. The average molecular weight is 209 g/mol. The van der Waals surface area contributed by atoms with Crippen LogP contribution in [0.25, 0.3) is 0 Å². The van der Waals surface area contributed by atoms with Crippen molar-refractivity contribution in [3.63, 3.8) is 0 Å². The molecule has 0 aromatic carbocycles. The zero-order valence-corrected chi connectivity index (χ0v) is 7.04. The number of rotatable bonds is 1. The predicted octanol–water partition coefficient (Wildman–Crippen LogP) is 1.53. The summed E-state index contributed by atoms with van der Waals surface area (Å²) < 4.78 is 0.303. The summed E-state index contributed by atoms with van der Waals surface area (Å²) in [4.78, 5) is 9.53. The SMILES string of the molecule is O=[N+]([O-])c1c(Cl)c[n+]([O-])cc1Cl. The first-order valence-corrected chi connectivity index (χ1v) is 3.50. The van der Waals surface area contributed by atoms with E-state index < -0.39 is 10.6 Å². The molecular weight excluding hydrogens is 207 g/mol. The fraction of sp³-hybridized carbons (Fsp3) is 0. The van der Waals surface area contributed by atoms with Crippen LogP contribution in [0.1, 0.15) is 0 Å². The molecule has 0 aliphatic rings. The highest BCUT2D eigenvalue weighted by Crippen LogP contribution is 2.29. The number of pyridine rings is 1. The lowest BCUT2D eigenvalue weighted by Gasteiger charge is -1.98. The normalized spacial score (nSPS) is 9.83. The third-order valence-electron chi connectivity index (χ3n) is 1.12. The lowest BCUT2D eigenvalue weighted by Crippen LogP contribution is -2.24. The van der Waals surface area contributed by atoms with Gasteiger partial charge in [-0.1, -0.05) is 23.2 Å². The molecule has 0 saturated heterocycles. The van der Waals surface area contributed by atoms with Crippen molar-refractivity contribution in [2.45, 2.75) is 0 Å². The molecule has 0 spiro atoms. The van der Waals surface area contributed by atoms with E-state index >= 15 is 0 Å².